The summed E-state index contributed by atoms with van der Waals surface area (Å²) in [7, 11) is -9.91. The van der Waals surface area contributed by atoms with Crippen molar-refractivity contribution in [2.75, 3.05) is 39.6 Å². The third-order valence-corrected chi connectivity index (χ3v) is 19.2. The van der Waals surface area contributed by atoms with Gasteiger partial charge in [0.15, 0.2) is 12.2 Å². The van der Waals surface area contributed by atoms with Crippen molar-refractivity contribution in [3.8, 4) is 0 Å². The second-order valence-electron chi connectivity index (χ2n) is 28.9. The summed E-state index contributed by atoms with van der Waals surface area (Å²) in [6, 6.07) is 0. The first kappa shape index (κ1) is 92.1. The summed E-state index contributed by atoms with van der Waals surface area (Å²) < 4.78 is 68.4. The average Bonchev–Trinajstić information content (AvgIpc) is 1.04. The van der Waals surface area contributed by atoms with Gasteiger partial charge >= 0.3 is 39.5 Å². The van der Waals surface area contributed by atoms with Crippen LogP contribution in [0.15, 0.2) is 0 Å². The summed E-state index contributed by atoms with van der Waals surface area (Å²) in [4.78, 5) is 72.6. The lowest BCUT2D eigenvalue weighted by atomic mass is 10.0. The van der Waals surface area contributed by atoms with Crippen LogP contribution < -0.4 is 0 Å². The number of carbonyl (C=O) groups is 4. The van der Waals surface area contributed by atoms with Gasteiger partial charge in [-0.2, -0.15) is 0 Å². The SMILES string of the molecule is CC(C)CCCCCCCCCCCCCCCCCCCCC(=O)OC[C@H](COP(=O)(O)OCC(O)COP(=O)(O)OC[C@@H](COC(=O)CCCCCCCCCCC(C)C)OC(=O)CCCCCCCCCCCCC(C)C)OC(=O)CCCCCCCCC(C)C. The Morgan fingerprint density at radius 1 is 0.266 bits per heavy atom. The molecular weight excluding hydrogens is 1230 g/mol. The number of phosphoric ester groups is 2. The Bertz CT molecular complexity index is 1850. The van der Waals surface area contributed by atoms with Gasteiger partial charge in [0.2, 0.25) is 0 Å². The molecular formula is C75H146O17P2. The Kier molecular flexibility index (Phi) is 63.1. The van der Waals surface area contributed by atoms with Crippen LogP contribution in [0.1, 0.15) is 376 Å². The number of aliphatic hydroxyl groups excluding tert-OH is 1. The van der Waals surface area contributed by atoms with Gasteiger partial charge in [-0.1, -0.05) is 325 Å². The molecule has 0 aromatic carbocycles. The van der Waals surface area contributed by atoms with E-state index < -0.39 is 97.5 Å². The molecule has 0 heterocycles. The molecule has 558 valence electrons. The van der Waals surface area contributed by atoms with Gasteiger partial charge in [-0.15, -0.1) is 0 Å². The van der Waals surface area contributed by atoms with Crippen LogP contribution in [0.5, 0.6) is 0 Å². The van der Waals surface area contributed by atoms with Crippen molar-refractivity contribution in [2.24, 2.45) is 23.7 Å². The van der Waals surface area contributed by atoms with Gasteiger partial charge in [0.1, 0.15) is 19.3 Å². The Hall–Kier alpha value is -1.94. The molecule has 0 aromatic rings. The zero-order valence-electron chi connectivity index (χ0n) is 61.6. The number of hydrogen-bond acceptors (Lipinski definition) is 15. The van der Waals surface area contributed by atoms with E-state index in [-0.39, 0.29) is 25.7 Å². The first-order valence-electron chi connectivity index (χ1n) is 38.7. The predicted molar refractivity (Wildman–Crippen MR) is 381 cm³/mol. The van der Waals surface area contributed by atoms with Gasteiger partial charge in [0, 0.05) is 25.7 Å². The Morgan fingerprint density at radius 3 is 0.660 bits per heavy atom. The molecule has 0 amide bonds. The average molecular weight is 1380 g/mol. The van der Waals surface area contributed by atoms with Crippen molar-refractivity contribution < 1.29 is 80.2 Å². The number of esters is 4. The lowest BCUT2D eigenvalue weighted by molar-refractivity contribution is -0.161. The van der Waals surface area contributed by atoms with E-state index in [0.717, 1.165) is 108 Å². The number of ether oxygens (including phenoxy) is 4. The summed E-state index contributed by atoms with van der Waals surface area (Å²) in [6.45, 7) is 14.1. The van der Waals surface area contributed by atoms with Crippen LogP contribution in [-0.4, -0.2) is 96.7 Å². The van der Waals surface area contributed by atoms with E-state index in [9.17, 15) is 43.2 Å². The molecule has 17 nitrogen and oxygen atoms in total. The molecule has 0 rings (SSSR count). The first-order chi connectivity index (χ1) is 45.1. The highest BCUT2D eigenvalue weighted by molar-refractivity contribution is 7.47. The molecule has 0 aliphatic heterocycles. The summed E-state index contributed by atoms with van der Waals surface area (Å²) in [5.41, 5.74) is 0. The minimum atomic E-state index is -4.95. The van der Waals surface area contributed by atoms with Gasteiger partial charge in [0.05, 0.1) is 26.4 Å². The summed E-state index contributed by atoms with van der Waals surface area (Å²) in [5, 5.41) is 10.6. The maximum Gasteiger partial charge on any atom is 0.472 e. The Morgan fingerprint density at radius 2 is 0.447 bits per heavy atom. The quantitative estimate of drug-likeness (QED) is 0.0222. The molecule has 0 fully saturated rings. The van der Waals surface area contributed by atoms with Crippen LogP contribution >= 0.6 is 15.6 Å². The van der Waals surface area contributed by atoms with Crippen molar-refractivity contribution in [1.29, 1.82) is 0 Å². The summed E-state index contributed by atoms with van der Waals surface area (Å²) >= 11 is 0. The zero-order chi connectivity index (χ0) is 69.6. The van der Waals surface area contributed by atoms with E-state index in [1.165, 1.54) is 180 Å². The molecule has 0 spiro atoms. The third-order valence-electron chi connectivity index (χ3n) is 17.3. The molecule has 0 saturated carbocycles. The number of carbonyl (C=O) groups excluding carboxylic acids is 4. The highest BCUT2D eigenvalue weighted by Crippen LogP contribution is 2.45. The molecule has 0 aliphatic carbocycles. The molecule has 5 atom stereocenters. The molecule has 0 radical (unpaired) electrons. The Labute approximate surface area is 575 Å². The maximum atomic E-state index is 13.0. The van der Waals surface area contributed by atoms with Crippen molar-refractivity contribution >= 4 is 39.5 Å². The van der Waals surface area contributed by atoms with Crippen molar-refractivity contribution in [3.05, 3.63) is 0 Å². The molecule has 94 heavy (non-hydrogen) atoms. The van der Waals surface area contributed by atoms with Gasteiger partial charge in [0.25, 0.3) is 0 Å². The number of hydrogen-bond donors (Lipinski definition) is 3. The van der Waals surface area contributed by atoms with E-state index in [0.29, 0.717) is 31.6 Å². The highest BCUT2D eigenvalue weighted by atomic mass is 31.2. The highest BCUT2D eigenvalue weighted by Gasteiger charge is 2.30. The number of unbranched alkanes of at least 4 members (excludes halogenated alkanes) is 38. The maximum absolute atomic E-state index is 13.0. The molecule has 0 aliphatic rings. The lowest BCUT2D eigenvalue weighted by Gasteiger charge is -2.21. The summed E-state index contributed by atoms with van der Waals surface area (Å²) in [5.74, 6) is 0.842. The van der Waals surface area contributed by atoms with E-state index in [4.69, 9.17) is 37.0 Å². The van der Waals surface area contributed by atoms with Gasteiger partial charge in [-0.05, 0) is 49.4 Å². The van der Waals surface area contributed by atoms with Crippen LogP contribution in [0.2, 0.25) is 0 Å². The van der Waals surface area contributed by atoms with Gasteiger partial charge in [-0.25, -0.2) is 9.13 Å². The van der Waals surface area contributed by atoms with Crippen LogP contribution in [-0.2, 0) is 65.4 Å². The van der Waals surface area contributed by atoms with Gasteiger partial charge in [-0.3, -0.25) is 37.3 Å². The normalized spacial score (nSPS) is 14.2. The standard InChI is InChI=1S/C75H146O17P2/c1-65(2)51-43-35-27-21-17-15-13-11-9-10-12-14-16-18-23-30-39-47-55-72(77)85-62-71(92-75(80)58-50-42-34-33-38-46-54-68(7)8)64-90-94(83,84)88-60-69(76)59-87-93(81,82)89-63-70(61-86-73(78)56-48-40-31-26-25-29-37-45-53-67(5)6)91-74(79)57-49-41-32-24-20-19-22-28-36-44-52-66(3)4/h65-71,76H,9-64H2,1-8H3,(H,81,82)(H,83,84)/t69?,70-,71-/m1/s1. The number of aliphatic hydroxyl groups is 1. The number of phosphoric acid groups is 2. The molecule has 0 saturated heterocycles. The zero-order valence-corrected chi connectivity index (χ0v) is 63.4. The fourth-order valence-electron chi connectivity index (χ4n) is 11.4. The number of rotatable bonds is 72. The third kappa shape index (κ3) is 68.6. The molecule has 19 heteroatoms. The fraction of sp³-hybridized carbons (Fsp3) is 0.947. The first-order valence-corrected chi connectivity index (χ1v) is 41.7. The van der Waals surface area contributed by atoms with Crippen LogP contribution in [0.3, 0.4) is 0 Å². The van der Waals surface area contributed by atoms with Crippen molar-refractivity contribution in [1.82, 2.24) is 0 Å². The van der Waals surface area contributed by atoms with E-state index in [2.05, 4.69) is 55.4 Å². The van der Waals surface area contributed by atoms with E-state index >= 15 is 0 Å². The largest absolute Gasteiger partial charge is 0.472 e. The van der Waals surface area contributed by atoms with E-state index in [1.54, 1.807) is 0 Å². The molecule has 0 aromatic heterocycles. The Balaban J connectivity index is 5.13. The molecule has 3 N–H and O–H groups in total. The molecule has 3 unspecified atom stereocenters. The van der Waals surface area contributed by atoms with Crippen molar-refractivity contribution in [2.45, 2.75) is 395 Å². The smallest absolute Gasteiger partial charge is 0.462 e. The minimum absolute atomic E-state index is 0.102. The minimum Gasteiger partial charge on any atom is -0.462 e. The fourth-order valence-corrected chi connectivity index (χ4v) is 13.0. The second kappa shape index (κ2) is 64.4. The van der Waals surface area contributed by atoms with Crippen molar-refractivity contribution in [3.63, 3.8) is 0 Å². The monoisotopic (exact) mass is 1380 g/mol. The molecule has 0 bridgehead atoms. The summed E-state index contributed by atoms with van der Waals surface area (Å²) in [6.07, 6.45) is 49.0. The second-order valence-corrected chi connectivity index (χ2v) is 31.9. The van der Waals surface area contributed by atoms with Crippen LogP contribution in [0, 0.1) is 23.7 Å². The van der Waals surface area contributed by atoms with Crippen LogP contribution in [0.25, 0.3) is 0 Å². The predicted octanol–water partition coefficient (Wildman–Crippen LogP) is 21.7. The van der Waals surface area contributed by atoms with E-state index in [1.807, 2.05) is 0 Å². The van der Waals surface area contributed by atoms with Crippen LogP contribution in [0.4, 0.5) is 0 Å². The van der Waals surface area contributed by atoms with Gasteiger partial charge < -0.3 is 33.8 Å². The lowest BCUT2D eigenvalue weighted by Crippen LogP contribution is -2.30. The topological polar surface area (TPSA) is 237 Å².